The maximum Gasteiger partial charge on any atom is 0.420 e. The molecule has 11 heteroatoms. The number of ketones is 1. The van der Waals surface area contributed by atoms with Gasteiger partial charge in [0.2, 0.25) is 16.4 Å². The van der Waals surface area contributed by atoms with Crippen molar-refractivity contribution in [3.63, 3.8) is 0 Å². The van der Waals surface area contributed by atoms with Gasteiger partial charge in [-0.2, -0.15) is 4.31 Å². The number of amides is 1. The smallest absolute Gasteiger partial charge is 0.420 e. The minimum atomic E-state index is -3.82. The van der Waals surface area contributed by atoms with Crippen molar-refractivity contribution >= 4 is 33.3 Å². The molecule has 10 nitrogen and oxygen atoms in total. The lowest BCUT2D eigenvalue weighted by Gasteiger charge is -2.31. The number of carbonyl (C=O) groups excluding carboxylic acids is 2. The summed E-state index contributed by atoms with van der Waals surface area (Å²) < 4.78 is 39.0. The molecule has 0 bridgehead atoms. The lowest BCUT2D eigenvalue weighted by atomic mass is 10.1. The van der Waals surface area contributed by atoms with E-state index in [2.05, 4.69) is 0 Å². The number of fused-ring (bicyclic) bond motifs is 1. The van der Waals surface area contributed by atoms with E-state index in [1.54, 1.807) is 24.3 Å². The summed E-state index contributed by atoms with van der Waals surface area (Å²) in [5, 5.41) is 0. The molecule has 0 N–H and O–H groups in total. The third-order valence-corrected chi connectivity index (χ3v) is 7.38. The van der Waals surface area contributed by atoms with Crippen molar-refractivity contribution in [3.8, 4) is 5.75 Å². The Hall–Kier alpha value is -3.44. The van der Waals surface area contributed by atoms with Crippen molar-refractivity contribution in [2.24, 2.45) is 0 Å². The monoisotopic (exact) mass is 473 g/mol. The zero-order chi connectivity index (χ0) is 23.6. The fraction of sp³-hybridized carbons (Fsp3) is 0.318. The van der Waals surface area contributed by atoms with E-state index in [0.717, 1.165) is 0 Å². The molecule has 0 spiro atoms. The lowest BCUT2D eigenvalue weighted by Crippen LogP contribution is -2.47. The zero-order valence-electron chi connectivity index (χ0n) is 18.0. The van der Waals surface area contributed by atoms with E-state index >= 15 is 0 Å². The molecule has 0 unspecified atom stereocenters. The Kier molecular flexibility index (Phi) is 6.34. The Morgan fingerprint density at radius 2 is 1.79 bits per heavy atom. The van der Waals surface area contributed by atoms with Crippen LogP contribution in [0.5, 0.6) is 5.75 Å². The molecule has 0 saturated carbocycles. The Labute approximate surface area is 190 Å². The summed E-state index contributed by atoms with van der Waals surface area (Å²) in [6.07, 6.45) is 0.696. The Morgan fingerprint density at radius 3 is 2.42 bits per heavy atom. The first kappa shape index (κ1) is 22.7. The number of benzene rings is 2. The molecule has 33 heavy (non-hydrogen) atoms. The van der Waals surface area contributed by atoms with Crippen molar-refractivity contribution in [1.82, 2.24) is 13.8 Å². The van der Waals surface area contributed by atoms with Crippen LogP contribution in [0.3, 0.4) is 0 Å². The van der Waals surface area contributed by atoms with Crippen LogP contribution in [0.4, 0.5) is 0 Å². The highest BCUT2D eigenvalue weighted by molar-refractivity contribution is 7.89. The second-order valence-electron chi connectivity index (χ2n) is 7.51. The van der Waals surface area contributed by atoms with Gasteiger partial charge in [-0.05, 0) is 43.3 Å². The van der Waals surface area contributed by atoms with E-state index in [1.807, 2.05) is 6.92 Å². The van der Waals surface area contributed by atoms with Gasteiger partial charge < -0.3 is 14.1 Å². The standard InChI is InChI=1S/C22H23N3O7S/c1-2-31-17-5-3-16(4-6-17)20(27)14-25-19-8-7-18(13-21(19)32-22(25)28)33(29,30)24-11-9-23(15-26)10-12-24/h3-8,13,15H,2,9-12,14H2,1H3. The first-order valence-electron chi connectivity index (χ1n) is 10.4. The van der Waals surface area contributed by atoms with E-state index in [-0.39, 0.29) is 35.9 Å². The van der Waals surface area contributed by atoms with Gasteiger partial charge in [0.05, 0.1) is 23.6 Å². The van der Waals surface area contributed by atoms with Crippen LogP contribution < -0.4 is 10.5 Å². The van der Waals surface area contributed by atoms with Crippen molar-refractivity contribution in [2.75, 3.05) is 32.8 Å². The van der Waals surface area contributed by atoms with Crippen LogP contribution in [0.1, 0.15) is 17.3 Å². The van der Waals surface area contributed by atoms with Gasteiger partial charge in [0.15, 0.2) is 11.4 Å². The number of aromatic nitrogens is 1. The van der Waals surface area contributed by atoms with Crippen LogP contribution in [0.25, 0.3) is 11.1 Å². The second kappa shape index (κ2) is 9.20. The molecule has 1 saturated heterocycles. The van der Waals surface area contributed by atoms with Gasteiger partial charge in [-0.15, -0.1) is 0 Å². The van der Waals surface area contributed by atoms with Gasteiger partial charge in [0, 0.05) is 37.8 Å². The number of carbonyl (C=O) groups is 2. The van der Waals surface area contributed by atoms with Crippen LogP contribution in [0.15, 0.2) is 56.6 Å². The molecule has 174 valence electrons. The van der Waals surface area contributed by atoms with Crippen molar-refractivity contribution in [2.45, 2.75) is 18.4 Å². The first-order valence-corrected chi connectivity index (χ1v) is 11.9. The third kappa shape index (κ3) is 4.55. The first-order chi connectivity index (χ1) is 15.8. The second-order valence-corrected chi connectivity index (χ2v) is 9.45. The fourth-order valence-electron chi connectivity index (χ4n) is 3.69. The van der Waals surface area contributed by atoms with E-state index < -0.39 is 15.8 Å². The molecule has 1 fully saturated rings. The van der Waals surface area contributed by atoms with Gasteiger partial charge >= 0.3 is 5.76 Å². The molecular formula is C22H23N3O7S. The normalized spacial score (nSPS) is 15.0. The molecule has 0 atom stereocenters. The third-order valence-electron chi connectivity index (χ3n) is 5.49. The molecule has 1 aromatic heterocycles. The number of nitrogens with zero attached hydrogens (tertiary/aromatic N) is 3. The molecule has 2 aromatic carbocycles. The number of hydrogen-bond donors (Lipinski definition) is 0. The number of Topliss-reactive ketones (excluding diaryl/α,β-unsaturated/α-hetero) is 1. The van der Waals surface area contributed by atoms with Crippen LogP contribution in [-0.2, 0) is 21.4 Å². The molecular weight excluding hydrogens is 450 g/mol. The molecule has 0 aliphatic carbocycles. The predicted octanol–water partition coefficient (Wildman–Crippen LogP) is 1.34. The Bertz CT molecular complexity index is 1330. The van der Waals surface area contributed by atoms with Crippen molar-refractivity contribution in [3.05, 3.63) is 58.6 Å². The molecule has 4 rings (SSSR count). The maximum absolute atomic E-state index is 13.0. The minimum Gasteiger partial charge on any atom is -0.494 e. The number of rotatable bonds is 8. The topological polar surface area (TPSA) is 119 Å². The zero-order valence-corrected chi connectivity index (χ0v) is 18.8. The molecule has 1 aliphatic rings. The summed E-state index contributed by atoms with van der Waals surface area (Å²) in [6, 6.07) is 10.7. The van der Waals surface area contributed by atoms with E-state index in [0.29, 0.717) is 42.9 Å². The average Bonchev–Trinajstić information content (AvgIpc) is 3.14. The molecule has 1 amide bonds. The highest BCUT2D eigenvalue weighted by Crippen LogP contribution is 2.23. The van der Waals surface area contributed by atoms with Crippen LogP contribution in [-0.4, -0.2) is 67.2 Å². The Balaban J connectivity index is 1.57. The summed E-state index contributed by atoms with van der Waals surface area (Å²) in [4.78, 5) is 37.4. The van der Waals surface area contributed by atoms with Crippen LogP contribution >= 0.6 is 0 Å². The van der Waals surface area contributed by atoms with Gasteiger partial charge in [0.25, 0.3) is 0 Å². The average molecular weight is 474 g/mol. The fourth-order valence-corrected chi connectivity index (χ4v) is 5.13. The largest absolute Gasteiger partial charge is 0.494 e. The molecule has 1 aliphatic heterocycles. The van der Waals surface area contributed by atoms with Crippen LogP contribution in [0, 0.1) is 0 Å². The minimum absolute atomic E-state index is 0.0201. The number of sulfonamides is 1. The summed E-state index contributed by atoms with van der Waals surface area (Å²) in [6.45, 7) is 3.10. The maximum atomic E-state index is 13.0. The Morgan fingerprint density at radius 1 is 1.09 bits per heavy atom. The number of ether oxygens (including phenoxy) is 1. The molecule has 3 aromatic rings. The van der Waals surface area contributed by atoms with E-state index in [1.165, 1.54) is 32.0 Å². The van der Waals surface area contributed by atoms with Gasteiger partial charge in [0.1, 0.15) is 5.75 Å². The summed E-state index contributed by atoms with van der Waals surface area (Å²) in [7, 11) is -3.82. The van der Waals surface area contributed by atoms with Crippen molar-refractivity contribution in [1.29, 1.82) is 0 Å². The lowest BCUT2D eigenvalue weighted by molar-refractivity contribution is -0.119. The SMILES string of the molecule is CCOc1ccc(C(=O)Cn2c(=O)oc3cc(S(=O)(=O)N4CCN(C=O)CC4)ccc32)cc1. The van der Waals surface area contributed by atoms with E-state index in [4.69, 9.17) is 9.15 Å². The van der Waals surface area contributed by atoms with Gasteiger partial charge in [-0.1, -0.05) is 0 Å². The summed E-state index contributed by atoms with van der Waals surface area (Å²) in [5.74, 6) is -0.410. The van der Waals surface area contributed by atoms with E-state index in [9.17, 15) is 22.8 Å². The van der Waals surface area contributed by atoms with Crippen LogP contribution in [0.2, 0.25) is 0 Å². The number of oxazole rings is 1. The quantitative estimate of drug-likeness (QED) is 0.358. The van der Waals surface area contributed by atoms with Gasteiger partial charge in [-0.3, -0.25) is 14.2 Å². The van der Waals surface area contributed by atoms with Crippen molar-refractivity contribution < 1.29 is 27.2 Å². The highest BCUT2D eigenvalue weighted by Gasteiger charge is 2.29. The number of piperazine rings is 1. The highest BCUT2D eigenvalue weighted by atomic mass is 32.2. The molecule has 0 radical (unpaired) electrons. The number of hydrogen-bond acceptors (Lipinski definition) is 7. The predicted molar refractivity (Wildman–Crippen MR) is 119 cm³/mol. The summed E-state index contributed by atoms with van der Waals surface area (Å²) in [5.41, 5.74) is 0.810. The molecule has 2 heterocycles. The van der Waals surface area contributed by atoms with Gasteiger partial charge in [-0.25, -0.2) is 13.2 Å². The summed E-state index contributed by atoms with van der Waals surface area (Å²) >= 11 is 0.